The van der Waals surface area contributed by atoms with Crippen LogP contribution >= 0.6 is 0 Å². The molecule has 0 amide bonds. The van der Waals surface area contributed by atoms with Gasteiger partial charge in [0.25, 0.3) is 0 Å². The summed E-state index contributed by atoms with van der Waals surface area (Å²) in [5.74, 6) is -7.60. The van der Waals surface area contributed by atoms with Crippen molar-refractivity contribution < 1.29 is 57.4 Å². The number of esters is 1. The second-order valence-corrected chi connectivity index (χ2v) is 15.4. The van der Waals surface area contributed by atoms with Crippen molar-refractivity contribution in [1.82, 2.24) is 0 Å². The van der Waals surface area contributed by atoms with Gasteiger partial charge in [0.1, 0.15) is 12.0 Å². The van der Waals surface area contributed by atoms with Crippen LogP contribution in [0.1, 0.15) is 89.9 Å². The van der Waals surface area contributed by atoms with Gasteiger partial charge in [-0.25, -0.2) is 18.2 Å². The maximum absolute atomic E-state index is 13.4. The number of aliphatic carboxylic acids is 2. The van der Waals surface area contributed by atoms with E-state index in [-0.39, 0.29) is 51.6 Å². The van der Waals surface area contributed by atoms with Crippen LogP contribution < -0.4 is 0 Å². The van der Waals surface area contributed by atoms with Crippen LogP contribution in [0.25, 0.3) is 0 Å². The van der Waals surface area contributed by atoms with Gasteiger partial charge in [0, 0.05) is 22.7 Å². The molecule has 6 atom stereocenters. The Labute approximate surface area is 260 Å². The van der Waals surface area contributed by atoms with Gasteiger partial charge in [-0.1, -0.05) is 0 Å². The molecular weight excluding hydrogens is 620 g/mol. The number of hydrogen-bond donors (Lipinski definition) is 2. The molecule has 4 saturated carbocycles. The first kappa shape index (κ1) is 34.9. The number of carboxylic acids is 2. The zero-order chi connectivity index (χ0) is 32.9. The third kappa shape index (κ3) is 8.27. The summed E-state index contributed by atoms with van der Waals surface area (Å²) in [5.41, 5.74) is 0. The van der Waals surface area contributed by atoms with E-state index in [0.29, 0.717) is 44.9 Å². The number of hydrogen-bond acceptors (Lipinski definition) is 12. The molecule has 4 rings (SSSR count). The second-order valence-electron chi connectivity index (χ2n) is 12.9. The van der Waals surface area contributed by atoms with Crippen molar-refractivity contribution in [3.05, 3.63) is 20.2 Å². The normalized spacial score (nSPS) is 36.0. The van der Waals surface area contributed by atoms with Crippen LogP contribution in [0.15, 0.2) is 0 Å². The third-order valence-corrected chi connectivity index (χ3v) is 13.1. The second kappa shape index (κ2) is 15.1. The maximum Gasteiger partial charge on any atom is 0.317 e. The zero-order valence-electron chi connectivity index (χ0n) is 25.0. The smallest absolute Gasteiger partial charge is 0.317 e. The molecule has 16 nitrogen and oxygen atoms in total. The van der Waals surface area contributed by atoms with Crippen LogP contribution in [0.2, 0.25) is 0 Å². The molecule has 254 valence electrons. The van der Waals surface area contributed by atoms with E-state index in [1.54, 1.807) is 0 Å². The molecule has 0 saturated heterocycles. The molecule has 0 bridgehead atoms. The number of nitrogens with zero attached hydrogens (tertiary/aromatic N) is 2. The number of rotatable bonds is 12. The third-order valence-electron chi connectivity index (χ3n) is 10.3. The molecule has 0 radical (unpaired) electrons. The number of ether oxygens (including phenoxy) is 1. The summed E-state index contributed by atoms with van der Waals surface area (Å²) in [6, 6.07) is -2.37. The number of sulfone groups is 1. The molecule has 0 aliphatic heterocycles. The van der Waals surface area contributed by atoms with Gasteiger partial charge in [0.2, 0.25) is 12.1 Å². The van der Waals surface area contributed by atoms with E-state index in [2.05, 4.69) is 0 Å². The minimum Gasteiger partial charge on any atom is -0.481 e. The summed E-state index contributed by atoms with van der Waals surface area (Å²) in [7, 11) is -3.54. The first-order valence-corrected chi connectivity index (χ1v) is 17.4. The fourth-order valence-corrected chi connectivity index (χ4v) is 10.1. The largest absolute Gasteiger partial charge is 0.481 e. The number of carboxylic acid groups (broad SMARTS) is 2. The predicted octanol–water partition coefficient (Wildman–Crippen LogP) is 2.81. The Morgan fingerprint density at radius 3 is 1.69 bits per heavy atom. The van der Waals surface area contributed by atoms with E-state index in [0.717, 1.165) is 0 Å². The molecular formula is C28H42N2O14S. The maximum atomic E-state index is 13.4. The SMILES string of the molecule is O=C(O)C1CCCC([N+](=O)[O-])C1COOC1CCC(S(=O)(=O)C2CCC(OC(=O)C3C(C(=O)O)CCCC3[N+](=O)[O-])CC2)CC1. The average Bonchev–Trinajstić information content (AvgIpc) is 3.00. The molecule has 2 N–H and O–H groups in total. The van der Waals surface area contributed by atoms with Gasteiger partial charge < -0.3 is 14.9 Å². The first-order valence-electron chi connectivity index (χ1n) is 15.7. The topological polar surface area (TPSA) is 240 Å². The molecule has 4 fully saturated rings. The Balaban J connectivity index is 1.23. The first-order chi connectivity index (χ1) is 21.3. The van der Waals surface area contributed by atoms with Crippen LogP contribution in [0.4, 0.5) is 0 Å². The lowest BCUT2D eigenvalue weighted by Gasteiger charge is -2.35. The van der Waals surface area contributed by atoms with E-state index in [1.165, 1.54) is 0 Å². The molecule has 0 aromatic heterocycles. The minimum atomic E-state index is -3.54. The molecule has 17 heteroatoms. The zero-order valence-corrected chi connectivity index (χ0v) is 25.8. The standard InChI is InChI=1S/C28H42N2O14S/c31-26(32)20-3-1-5-23(29(36)37)22(20)15-42-44-17-9-13-19(14-10-17)45(40,41)18-11-7-16(8-12-18)43-28(35)25-21(27(33)34)4-2-6-24(25)30(38)39/h16-25H,1-15H2,(H,31,32)(H,33,34). The monoisotopic (exact) mass is 662 g/mol. The Hall–Kier alpha value is -2.92. The quantitative estimate of drug-likeness (QED) is 0.132. The highest BCUT2D eigenvalue weighted by Crippen LogP contribution is 2.38. The van der Waals surface area contributed by atoms with Crippen molar-refractivity contribution >= 4 is 27.7 Å². The molecule has 0 aromatic rings. The van der Waals surface area contributed by atoms with Gasteiger partial charge in [-0.2, -0.15) is 0 Å². The predicted molar refractivity (Wildman–Crippen MR) is 153 cm³/mol. The Morgan fingerprint density at radius 1 is 0.689 bits per heavy atom. The molecule has 0 aromatic carbocycles. The minimum absolute atomic E-state index is 0.0920. The van der Waals surface area contributed by atoms with Crippen LogP contribution in [0.5, 0.6) is 0 Å². The molecule has 4 aliphatic carbocycles. The number of nitro groups is 2. The lowest BCUT2D eigenvalue weighted by Crippen LogP contribution is -2.47. The molecule has 0 spiro atoms. The molecule has 6 unspecified atom stereocenters. The van der Waals surface area contributed by atoms with E-state index >= 15 is 0 Å². The summed E-state index contributed by atoms with van der Waals surface area (Å²) in [6.07, 6.45) is 2.94. The summed E-state index contributed by atoms with van der Waals surface area (Å²) < 4.78 is 32.4. The van der Waals surface area contributed by atoms with Gasteiger partial charge in [-0.15, -0.1) is 0 Å². The van der Waals surface area contributed by atoms with Gasteiger partial charge in [-0.05, 0) is 77.0 Å². The number of carbonyl (C=O) groups is 3. The Morgan fingerprint density at radius 2 is 1.18 bits per heavy atom. The fraction of sp³-hybridized carbons (Fsp3) is 0.893. The summed E-state index contributed by atoms with van der Waals surface area (Å²) in [6.45, 7) is -0.237. The van der Waals surface area contributed by atoms with Crippen molar-refractivity contribution in [2.75, 3.05) is 6.61 Å². The summed E-state index contributed by atoms with van der Waals surface area (Å²) in [5, 5.41) is 40.7. The number of carbonyl (C=O) groups excluding carboxylic acids is 1. The molecule has 45 heavy (non-hydrogen) atoms. The van der Waals surface area contributed by atoms with Crippen molar-refractivity contribution in [2.45, 2.75) is 125 Å². The van der Waals surface area contributed by atoms with E-state index in [1.807, 2.05) is 0 Å². The Bertz CT molecular complexity index is 1170. The van der Waals surface area contributed by atoms with Crippen molar-refractivity contribution in [3.8, 4) is 0 Å². The highest BCUT2D eigenvalue weighted by Gasteiger charge is 2.50. The van der Waals surface area contributed by atoms with Crippen molar-refractivity contribution in [3.63, 3.8) is 0 Å². The van der Waals surface area contributed by atoms with Gasteiger partial charge in [0.15, 0.2) is 9.84 Å². The lowest BCUT2D eigenvalue weighted by atomic mass is 9.76. The van der Waals surface area contributed by atoms with Crippen LogP contribution in [0.3, 0.4) is 0 Å². The summed E-state index contributed by atoms with van der Waals surface area (Å²) in [4.78, 5) is 68.9. The van der Waals surface area contributed by atoms with Crippen molar-refractivity contribution in [2.24, 2.45) is 23.7 Å². The van der Waals surface area contributed by atoms with Crippen molar-refractivity contribution in [1.29, 1.82) is 0 Å². The molecule has 0 heterocycles. The highest BCUT2D eigenvalue weighted by molar-refractivity contribution is 7.92. The average molecular weight is 663 g/mol. The Kier molecular flexibility index (Phi) is 11.7. The van der Waals surface area contributed by atoms with Crippen LogP contribution in [-0.4, -0.2) is 87.8 Å². The van der Waals surface area contributed by atoms with Gasteiger partial charge in [0.05, 0.1) is 41.0 Å². The summed E-state index contributed by atoms with van der Waals surface area (Å²) >= 11 is 0. The van der Waals surface area contributed by atoms with Crippen LogP contribution in [0, 0.1) is 43.9 Å². The van der Waals surface area contributed by atoms with Crippen LogP contribution in [-0.2, 0) is 38.7 Å². The molecule has 4 aliphatic rings. The highest BCUT2D eigenvalue weighted by atomic mass is 32.2. The van der Waals surface area contributed by atoms with E-state index < -0.39 is 96.1 Å². The van der Waals surface area contributed by atoms with Gasteiger partial charge >= 0.3 is 17.9 Å². The van der Waals surface area contributed by atoms with E-state index in [4.69, 9.17) is 14.5 Å². The van der Waals surface area contributed by atoms with E-state index in [9.17, 15) is 53.2 Å². The lowest BCUT2D eigenvalue weighted by molar-refractivity contribution is -0.541. The van der Waals surface area contributed by atoms with Gasteiger partial charge in [-0.3, -0.25) is 34.6 Å². The fourth-order valence-electron chi connectivity index (χ4n) is 7.71.